The van der Waals surface area contributed by atoms with E-state index in [1.807, 2.05) is 0 Å². The SMILES string of the molecule is CCCCCC1=C(c2cccc(CCCC)c2)[N+](=[N-])C(c2cccc(CCCC)c2)=C1CCCC.CCCCCCCCCCCCCCCCC[CH2][Pd][CH2]CCCCCCCCCCCCCCCCC. The van der Waals surface area contributed by atoms with Crippen LogP contribution in [0.25, 0.3) is 16.9 Å². The Morgan fingerprint density at radius 2 is 0.569 bits per heavy atom. The predicted molar refractivity (Wildman–Crippen MR) is 320 cm³/mol. The van der Waals surface area contributed by atoms with E-state index in [0.29, 0.717) is 0 Å². The van der Waals surface area contributed by atoms with Crippen molar-refractivity contribution >= 4 is 11.4 Å². The normalized spacial score (nSPS) is 12.7. The summed E-state index contributed by atoms with van der Waals surface area (Å²) < 4.78 is 1.55. The third-order valence-electron chi connectivity index (χ3n) is 15.4. The van der Waals surface area contributed by atoms with Crippen LogP contribution in [0, 0.1) is 0 Å². The van der Waals surface area contributed by atoms with Crippen molar-refractivity contribution in [3.63, 3.8) is 0 Å². The number of aryl methyl sites for hydroxylation is 2. The van der Waals surface area contributed by atoms with Gasteiger partial charge in [0.15, 0.2) is 0 Å². The Labute approximate surface area is 459 Å². The van der Waals surface area contributed by atoms with Gasteiger partial charge in [-0.15, -0.1) is 0 Å². The summed E-state index contributed by atoms with van der Waals surface area (Å²) in [7, 11) is 0. The first kappa shape index (κ1) is 66.3. The number of unbranched alkanes of at least 4 members (excludes halogenated alkanes) is 35. The number of benzene rings is 2. The average molecular weight is 1080 g/mol. The number of rotatable bonds is 49. The van der Waals surface area contributed by atoms with Gasteiger partial charge in [-0.3, -0.25) is 0 Å². The first-order chi connectivity index (χ1) is 35.6. The molecule has 2 aromatic carbocycles. The molecule has 0 fully saturated rings. The second-order valence-electron chi connectivity index (χ2n) is 22.2. The molecule has 2 aromatic rings. The number of nitrogens with zero attached hydrogens (tertiary/aromatic N) is 2. The van der Waals surface area contributed by atoms with Gasteiger partial charge in [0.2, 0.25) is 11.4 Å². The molecule has 0 unspecified atom stereocenters. The summed E-state index contributed by atoms with van der Waals surface area (Å²) in [6.07, 6.45) is 62.4. The summed E-state index contributed by atoms with van der Waals surface area (Å²) >= 11 is 1.06. The second kappa shape index (κ2) is 48.8. The molecule has 0 aliphatic carbocycles. The zero-order valence-electron chi connectivity index (χ0n) is 49.1. The summed E-state index contributed by atoms with van der Waals surface area (Å²) in [4.78, 5) is 3.09. The van der Waals surface area contributed by atoms with Crippen LogP contribution < -0.4 is 0 Å². The van der Waals surface area contributed by atoms with Crippen LogP contribution in [0.2, 0.25) is 9.79 Å². The van der Waals surface area contributed by atoms with E-state index in [1.165, 1.54) is 266 Å². The monoisotopic (exact) mass is 1080 g/mol. The maximum absolute atomic E-state index is 11.8. The van der Waals surface area contributed by atoms with Crippen molar-refractivity contribution in [2.24, 2.45) is 0 Å². The summed E-state index contributed by atoms with van der Waals surface area (Å²) in [5, 5.41) is 0. The van der Waals surface area contributed by atoms with Gasteiger partial charge in [0.25, 0.3) is 0 Å². The number of hydrogen-bond acceptors (Lipinski definition) is 0. The molecule has 0 amide bonds. The topological polar surface area (TPSA) is 25.3 Å². The van der Waals surface area contributed by atoms with Crippen molar-refractivity contribution in [2.45, 2.75) is 340 Å². The first-order valence-electron chi connectivity index (χ1n) is 32.1. The van der Waals surface area contributed by atoms with Gasteiger partial charge in [-0.05, 0) is 86.8 Å². The molecule has 1 heterocycles. The molecule has 1 aliphatic heterocycles. The smallest absolute Gasteiger partial charge is 0.0654 e. The van der Waals surface area contributed by atoms with Crippen molar-refractivity contribution in [2.75, 3.05) is 0 Å². The van der Waals surface area contributed by atoms with Gasteiger partial charge in [0.1, 0.15) is 0 Å². The van der Waals surface area contributed by atoms with Crippen molar-refractivity contribution in [1.82, 2.24) is 0 Å². The van der Waals surface area contributed by atoms with E-state index in [4.69, 9.17) is 0 Å². The zero-order chi connectivity index (χ0) is 51.8. The van der Waals surface area contributed by atoms with E-state index in [9.17, 15) is 5.53 Å². The Hall–Kier alpha value is -1.82. The molecule has 72 heavy (non-hydrogen) atoms. The van der Waals surface area contributed by atoms with Gasteiger partial charge in [0.05, 0.1) is 0 Å². The Morgan fingerprint density at radius 3 is 0.889 bits per heavy atom. The second-order valence-corrected chi connectivity index (χ2v) is 24.5. The Kier molecular flexibility index (Phi) is 44.9. The molecule has 3 rings (SSSR count). The fourth-order valence-electron chi connectivity index (χ4n) is 10.7. The van der Waals surface area contributed by atoms with E-state index >= 15 is 0 Å². The molecule has 0 saturated heterocycles. The van der Waals surface area contributed by atoms with Crippen LogP contribution in [0.5, 0.6) is 0 Å². The van der Waals surface area contributed by atoms with E-state index in [1.54, 1.807) is 14.5 Å². The van der Waals surface area contributed by atoms with Crippen molar-refractivity contribution in [1.29, 1.82) is 0 Å². The van der Waals surface area contributed by atoms with E-state index in [0.717, 1.165) is 85.4 Å². The number of allylic oxidation sites excluding steroid dienone is 2. The number of hydrogen-bond donors (Lipinski definition) is 0. The average Bonchev–Trinajstić information content (AvgIpc) is 3.68. The van der Waals surface area contributed by atoms with Crippen LogP contribution in [-0.4, -0.2) is 4.70 Å². The van der Waals surface area contributed by atoms with Gasteiger partial charge < -0.3 is 5.53 Å². The fraction of sp³-hybridized carbons (Fsp3) is 0.768. The Balaban J connectivity index is 0.000000494. The van der Waals surface area contributed by atoms with Crippen LogP contribution in [0.4, 0.5) is 0 Å². The van der Waals surface area contributed by atoms with Crippen molar-refractivity contribution in [3.05, 3.63) is 87.5 Å². The first-order valence-corrected chi connectivity index (χ1v) is 34.3. The fourth-order valence-corrected chi connectivity index (χ4v) is 12.6. The summed E-state index contributed by atoms with van der Waals surface area (Å²) in [6, 6.07) is 17.8. The minimum Gasteiger partial charge on any atom is -0.0654 e. The van der Waals surface area contributed by atoms with E-state index in [2.05, 4.69) is 90.1 Å². The van der Waals surface area contributed by atoms with E-state index in [-0.39, 0.29) is 0 Å². The van der Waals surface area contributed by atoms with Gasteiger partial charge in [0, 0.05) is 22.3 Å². The molecule has 0 saturated carbocycles. The standard InChI is InChI=1S/C33H46N2.2C18H37.Pd/c1-5-9-13-23-31-30(22-12-8-4)32(28-20-14-18-26(24-28)16-10-6-2)35(34)33(31)29-21-15-19-27(25-29)17-11-7-3;2*1-3-5-7-9-11-13-15-17-18-16-14-12-10-8-6-4-2;/h14-15,18-21,24-25H,5-13,16-17,22-23H2,1-4H3;2*1,3-18H2,2H3;. The van der Waals surface area contributed by atoms with Gasteiger partial charge in [-0.25, -0.2) is 4.70 Å². The van der Waals surface area contributed by atoms with Crippen LogP contribution in [-0.2, 0) is 30.8 Å². The molecule has 3 heteroatoms. The zero-order valence-corrected chi connectivity index (χ0v) is 50.6. The van der Waals surface area contributed by atoms with Crippen LogP contribution in [0.1, 0.15) is 340 Å². The van der Waals surface area contributed by atoms with Crippen molar-refractivity contribution in [3.8, 4) is 0 Å². The molecule has 0 spiro atoms. The Bertz CT molecular complexity index is 1580. The molecule has 2 nitrogen and oxygen atoms in total. The molecule has 0 bridgehead atoms. The molecule has 0 radical (unpaired) electrons. The minimum atomic E-state index is 1.01. The summed E-state index contributed by atoms with van der Waals surface area (Å²) in [5.41, 5.74) is 21.6. The molecule has 0 aromatic heterocycles. The van der Waals surface area contributed by atoms with Gasteiger partial charge >= 0.3 is 169 Å². The van der Waals surface area contributed by atoms with Gasteiger partial charge in [-0.1, -0.05) is 162 Å². The quantitative estimate of drug-likeness (QED) is 0.0358. The maximum atomic E-state index is 11.8. The Morgan fingerprint density at radius 1 is 0.306 bits per heavy atom. The third kappa shape index (κ3) is 32.6. The van der Waals surface area contributed by atoms with Crippen molar-refractivity contribution < 1.29 is 22.7 Å². The van der Waals surface area contributed by atoms with E-state index < -0.39 is 0 Å². The van der Waals surface area contributed by atoms with Crippen LogP contribution in [0.15, 0.2) is 59.7 Å². The predicted octanol–water partition coefficient (Wildman–Crippen LogP) is 24.7. The van der Waals surface area contributed by atoms with Gasteiger partial charge in [-0.2, -0.15) is 0 Å². The molecule has 0 N–H and O–H groups in total. The summed E-state index contributed by atoms with van der Waals surface area (Å²) in [5.74, 6) is 0. The molecule has 416 valence electrons. The molecule has 1 aliphatic rings. The third-order valence-corrected chi connectivity index (χ3v) is 17.6. The van der Waals surface area contributed by atoms with Crippen LogP contribution >= 0.6 is 0 Å². The molecular formula is C69H120N2Pd. The molecule has 0 atom stereocenters. The molecular weight excluding hydrogens is 963 g/mol. The minimum absolute atomic E-state index is 1.01. The van der Waals surface area contributed by atoms with Crippen LogP contribution in [0.3, 0.4) is 0 Å². The summed E-state index contributed by atoms with van der Waals surface area (Å²) in [6.45, 7) is 13.6.